The van der Waals surface area contributed by atoms with E-state index in [1.165, 1.54) is 0 Å². The normalized spacial score (nSPS) is 11.9. The number of amides is 1. The van der Waals surface area contributed by atoms with Crippen LogP contribution < -0.4 is 10.1 Å². The molecule has 0 aliphatic rings. The van der Waals surface area contributed by atoms with E-state index in [-0.39, 0.29) is 18.6 Å². The summed E-state index contributed by atoms with van der Waals surface area (Å²) >= 11 is 9.18. The number of halogens is 2. The zero-order valence-corrected chi connectivity index (χ0v) is 12.6. The molecule has 0 aliphatic carbocycles. The zero-order chi connectivity index (χ0) is 13.4. The van der Waals surface area contributed by atoms with Gasteiger partial charge in [-0.1, -0.05) is 33.6 Å². The number of benzene rings is 1. The van der Waals surface area contributed by atoms with Crippen molar-refractivity contribution in [3.63, 3.8) is 0 Å². The molecule has 0 fully saturated rings. The Balaban J connectivity index is 2.28. The molecule has 0 saturated carbocycles. The predicted molar refractivity (Wildman–Crippen MR) is 77.6 cm³/mol. The van der Waals surface area contributed by atoms with Gasteiger partial charge in [-0.2, -0.15) is 0 Å². The fourth-order valence-electron chi connectivity index (χ4n) is 1.48. The van der Waals surface area contributed by atoms with Crippen molar-refractivity contribution in [3.05, 3.63) is 29.3 Å². The van der Waals surface area contributed by atoms with Crippen LogP contribution in [0.25, 0.3) is 0 Å². The summed E-state index contributed by atoms with van der Waals surface area (Å²) in [6.07, 6.45) is 1.99. The first-order chi connectivity index (χ1) is 8.61. The Morgan fingerprint density at radius 2 is 2.33 bits per heavy atom. The van der Waals surface area contributed by atoms with E-state index < -0.39 is 0 Å². The molecule has 0 aliphatic heterocycles. The molecular formula is C13H17BrClNO2. The van der Waals surface area contributed by atoms with E-state index in [0.29, 0.717) is 10.8 Å². The molecule has 5 heteroatoms. The Morgan fingerprint density at radius 1 is 1.56 bits per heavy atom. The lowest BCUT2D eigenvalue weighted by Crippen LogP contribution is -2.36. The molecule has 0 heterocycles. The number of hydrogen-bond donors (Lipinski definition) is 1. The average molecular weight is 335 g/mol. The second kappa shape index (κ2) is 8.38. The predicted octanol–water partition coefficient (Wildman–Crippen LogP) is 3.40. The fourth-order valence-corrected chi connectivity index (χ4v) is 1.98. The third-order valence-electron chi connectivity index (χ3n) is 2.34. The van der Waals surface area contributed by atoms with E-state index in [1.807, 2.05) is 6.92 Å². The van der Waals surface area contributed by atoms with Crippen LogP contribution in [-0.4, -0.2) is 23.9 Å². The van der Waals surface area contributed by atoms with E-state index in [9.17, 15) is 4.79 Å². The number of carbonyl (C=O) groups excluding carboxylic acids is 1. The molecule has 100 valence electrons. The van der Waals surface area contributed by atoms with Crippen LogP contribution in [0.5, 0.6) is 5.75 Å². The van der Waals surface area contributed by atoms with Gasteiger partial charge in [-0.05, 0) is 38.0 Å². The largest absolute Gasteiger partial charge is 0.484 e. The highest BCUT2D eigenvalue weighted by atomic mass is 79.9. The van der Waals surface area contributed by atoms with Gasteiger partial charge < -0.3 is 10.1 Å². The Labute approximate surface area is 121 Å². The molecule has 1 unspecified atom stereocenters. The summed E-state index contributed by atoms with van der Waals surface area (Å²) in [5, 5.41) is 4.43. The van der Waals surface area contributed by atoms with Crippen LogP contribution in [-0.2, 0) is 4.79 Å². The molecule has 0 radical (unpaired) electrons. The molecule has 1 N–H and O–H groups in total. The Bertz CT molecular complexity index is 387. The highest BCUT2D eigenvalue weighted by Gasteiger charge is 2.07. The number of hydrogen-bond acceptors (Lipinski definition) is 2. The van der Waals surface area contributed by atoms with E-state index in [1.54, 1.807) is 24.3 Å². The molecule has 1 atom stereocenters. The van der Waals surface area contributed by atoms with Crippen LogP contribution >= 0.6 is 27.5 Å². The lowest BCUT2D eigenvalue weighted by atomic mass is 10.2. The summed E-state index contributed by atoms with van der Waals surface area (Å²) in [5.41, 5.74) is 0. The lowest BCUT2D eigenvalue weighted by molar-refractivity contribution is -0.123. The Morgan fingerprint density at radius 3 is 3.00 bits per heavy atom. The fraction of sp³-hybridized carbons (Fsp3) is 0.462. The molecule has 1 amide bonds. The maximum atomic E-state index is 11.6. The van der Waals surface area contributed by atoms with Gasteiger partial charge in [0.2, 0.25) is 0 Å². The topological polar surface area (TPSA) is 38.3 Å². The van der Waals surface area contributed by atoms with Crippen LogP contribution in [0, 0.1) is 0 Å². The summed E-state index contributed by atoms with van der Waals surface area (Å²) in [7, 11) is 0. The number of nitrogens with one attached hydrogen (secondary N) is 1. The average Bonchev–Trinajstić information content (AvgIpc) is 2.34. The minimum atomic E-state index is -0.114. The van der Waals surface area contributed by atoms with Crippen LogP contribution in [0.1, 0.15) is 19.8 Å². The minimum absolute atomic E-state index is 0.0129. The smallest absolute Gasteiger partial charge is 0.258 e. The molecule has 18 heavy (non-hydrogen) atoms. The quantitative estimate of drug-likeness (QED) is 0.776. The molecule has 1 rings (SSSR count). The van der Waals surface area contributed by atoms with Crippen LogP contribution in [0.15, 0.2) is 24.3 Å². The van der Waals surface area contributed by atoms with Crippen molar-refractivity contribution in [2.45, 2.75) is 25.8 Å². The van der Waals surface area contributed by atoms with Crippen molar-refractivity contribution in [3.8, 4) is 5.75 Å². The van der Waals surface area contributed by atoms with E-state index in [4.69, 9.17) is 16.3 Å². The molecule has 0 saturated heterocycles. The third-order valence-corrected chi connectivity index (χ3v) is 3.14. The molecule has 3 nitrogen and oxygen atoms in total. The molecule has 0 bridgehead atoms. The Kier molecular flexibility index (Phi) is 7.13. The van der Waals surface area contributed by atoms with Crippen molar-refractivity contribution in [1.29, 1.82) is 0 Å². The first kappa shape index (κ1) is 15.3. The SMILES string of the molecule is CC(CCCBr)NC(=O)COc1cccc(Cl)c1. The highest BCUT2D eigenvalue weighted by Crippen LogP contribution is 2.16. The maximum Gasteiger partial charge on any atom is 0.258 e. The van der Waals surface area contributed by atoms with Gasteiger partial charge in [-0.25, -0.2) is 0 Å². The van der Waals surface area contributed by atoms with Gasteiger partial charge in [-0.15, -0.1) is 0 Å². The maximum absolute atomic E-state index is 11.6. The molecule has 1 aromatic rings. The number of carbonyl (C=O) groups is 1. The molecular weight excluding hydrogens is 318 g/mol. The minimum Gasteiger partial charge on any atom is -0.484 e. The standard InChI is InChI=1S/C13H17BrClNO2/c1-10(4-3-7-14)16-13(17)9-18-12-6-2-5-11(15)8-12/h2,5-6,8,10H,3-4,7,9H2,1H3,(H,16,17). The van der Waals surface area contributed by atoms with Gasteiger partial charge in [0.05, 0.1) is 0 Å². The first-order valence-corrected chi connectivity index (χ1v) is 7.35. The van der Waals surface area contributed by atoms with Crippen molar-refractivity contribution in [2.75, 3.05) is 11.9 Å². The van der Waals surface area contributed by atoms with Gasteiger partial charge in [-0.3, -0.25) is 4.79 Å². The van der Waals surface area contributed by atoms with E-state index >= 15 is 0 Å². The van der Waals surface area contributed by atoms with E-state index in [2.05, 4.69) is 21.2 Å². The number of rotatable bonds is 7. The van der Waals surface area contributed by atoms with Gasteiger partial charge in [0.1, 0.15) is 5.75 Å². The van der Waals surface area contributed by atoms with Gasteiger partial charge >= 0.3 is 0 Å². The molecule has 0 aromatic heterocycles. The second-order valence-electron chi connectivity index (χ2n) is 4.05. The zero-order valence-electron chi connectivity index (χ0n) is 10.3. The summed E-state index contributed by atoms with van der Waals surface area (Å²) in [6, 6.07) is 7.17. The van der Waals surface area contributed by atoms with Crippen molar-refractivity contribution in [2.24, 2.45) is 0 Å². The lowest BCUT2D eigenvalue weighted by Gasteiger charge is -2.13. The van der Waals surface area contributed by atoms with Gasteiger partial charge in [0, 0.05) is 16.4 Å². The summed E-state index contributed by atoms with van der Waals surface area (Å²) in [4.78, 5) is 11.6. The number of ether oxygens (including phenoxy) is 1. The van der Waals surface area contributed by atoms with E-state index in [0.717, 1.165) is 18.2 Å². The summed E-state index contributed by atoms with van der Waals surface area (Å²) < 4.78 is 5.35. The van der Waals surface area contributed by atoms with Crippen LogP contribution in [0.3, 0.4) is 0 Å². The summed E-state index contributed by atoms with van der Waals surface area (Å²) in [5.74, 6) is 0.489. The van der Waals surface area contributed by atoms with Gasteiger partial charge in [0.25, 0.3) is 5.91 Å². The Hall–Kier alpha value is -0.740. The third kappa shape index (κ3) is 6.26. The van der Waals surface area contributed by atoms with Crippen molar-refractivity contribution >= 4 is 33.4 Å². The first-order valence-electron chi connectivity index (χ1n) is 5.85. The summed E-state index contributed by atoms with van der Waals surface area (Å²) in [6.45, 7) is 2.00. The van der Waals surface area contributed by atoms with Crippen molar-refractivity contribution < 1.29 is 9.53 Å². The van der Waals surface area contributed by atoms with Gasteiger partial charge in [0.15, 0.2) is 6.61 Å². The van der Waals surface area contributed by atoms with Crippen molar-refractivity contribution in [1.82, 2.24) is 5.32 Å². The molecule has 1 aromatic carbocycles. The van der Waals surface area contributed by atoms with Crippen LogP contribution in [0.4, 0.5) is 0 Å². The molecule has 0 spiro atoms. The number of alkyl halides is 1. The monoisotopic (exact) mass is 333 g/mol. The second-order valence-corrected chi connectivity index (χ2v) is 5.28. The van der Waals surface area contributed by atoms with Crippen LogP contribution in [0.2, 0.25) is 5.02 Å². The highest BCUT2D eigenvalue weighted by molar-refractivity contribution is 9.09.